The number of nitrogen functional groups attached to an aromatic ring is 1. The smallest absolute Gasteiger partial charge is 0.223 e. The van der Waals surface area contributed by atoms with E-state index in [1.54, 1.807) is 6.07 Å². The first-order valence-corrected chi connectivity index (χ1v) is 5.78. The number of piperidine rings is 1. The first-order chi connectivity index (χ1) is 8.06. The lowest BCUT2D eigenvalue weighted by atomic mass is 9.97. The third-order valence-electron chi connectivity index (χ3n) is 2.85. The SMILES string of the molecule is NC(=O)[C@H]1CCCN(c2cc(Cl)nc(N)n2)C1. The van der Waals surface area contributed by atoms with Crippen LogP contribution in [-0.2, 0) is 4.79 Å². The molecule has 1 saturated heterocycles. The molecule has 17 heavy (non-hydrogen) atoms. The Labute approximate surface area is 104 Å². The fourth-order valence-electron chi connectivity index (χ4n) is 2.00. The molecule has 2 heterocycles. The molecule has 1 aliphatic heterocycles. The molecule has 0 spiro atoms. The molecule has 0 bridgehead atoms. The molecule has 0 radical (unpaired) electrons. The molecule has 1 aliphatic rings. The maximum atomic E-state index is 11.2. The largest absolute Gasteiger partial charge is 0.369 e. The molecule has 0 saturated carbocycles. The zero-order valence-corrected chi connectivity index (χ0v) is 10.0. The highest BCUT2D eigenvalue weighted by molar-refractivity contribution is 6.29. The number of nitrogens with two attached hydrogens (primary N) is 2. The molecular weight excluding hydrogens is 242 g/mol. The van der Waals surface area contributed by atoms with E-state index >= 15 is 0 Å². The third kappa shape index (κ3) is 2.76. The number of hydrogen-bond donors (Lipinski definition) is 2. The van der Waals surface area contributed by atoms with E-state index < -0.39 is 0 Å². The molecule has 7 heteroatoms. The minimum atomic E-state index is -0.275. The zero-order valence-electron chi connectivity index (χ0n) is 9.27. The number of aromatic nitrogens is 2. The molecule has 0 aromatic carbocycles. The average Bonchev–Trinajstić information content (AvgIpc) is 2.28. The van der Waals surface area contributed by atoms with Crippen molar-refractivity contribution in [3.63, 3.8) is 0 Å². The van der Waals surface area contributed by atoms with Gasteiger partial charge in [0.1, 0.15) is 11.0 Å². The fourth-order valence-corrected chi connectivity index (χ4v) is 2.19. The van der Waals surface area contributed by atoms with Crippen LogP contribution in [0.4, 0.5) is 11.8 Å². The van der Waals surface area contributed by atoms with Gasteiger partial charge in [-0.2, -0.15) is 4.98 Å². The Balaban J connectivity index is 2.18. The molecule has 6 nitrogen and oxygen atoms in total. The number of rotatable bonds is 2. The number of carbonyl (C=O) groups is 1. The first-order valence-electron chi connectivity index (χ1n) is 5.40. The van der Waals surface area contributed by atoms with E-state index in [2.05, 4.69) is 9.97 Å². The van der Waals surface area contributed by atoms with Crippen LogP contribution in [0.3, 0.4) is 0 Å². The van der Waals surface area contributed by atoms with Gasteiger partial charge in [-0.3, -0.25) is 4.79 Å². The fraction of sp³-hybridized carbons (Fsp3) is 0.500. The molecule has 4 N–H and O–H groups in total. The minimum absolute atomic E-state index is 0.133. The van der Waals surface area contributed by atoms with Crippen molar-refractivity contribution in [2.45, 2.75) is 12.8 Å². The molecule has 0 unspecified atom stereocenters. The third-order valence-corrected chi connectivity index (χ3v) is 3.04. The zero-order chi connectivity index (χ0) is 12.4. The van der Waals surface area contributed by atoms with Crippen molar-refractivity contribution in [1.29, 1.82) is 0 Å². The average molecular weight is 256 g/mol. The van der Waals surface area contributed by atoms with Crippen molar-refractivity contribution in [3.05, 3.63) is 11.2 Å². The summed E-state index contributed by atoms with van der Waals surface area (Å²) in [5.41, 5.74) is 10.9. The van der Waals surface area contributed by atoms with E-state index in [0.717, 1.165) is 19.4 Å². The predicted octanol–water partition coefficient (Wildman–Crippen LogP) is 0.414. The minimum Gasteiger partial charge on any atom is -0.369 e. The van der Waals surface area contributed by atoms with E-state index in [4.69, 9.17) is 23.1 Å². The molecule has 2 rings (SSSR count). The van der Waals surface area contributed by atoms with Crippen LogP contribution in [0, 0.1) is 5.92 Å². The van der Waals surface area contributed by atoms with Crippen LogP contribution >= 0.6 is 11.6 Å². The lowest BCUT2D eigenvalue weighted by molar-refractivity contribution is -0.122. The summed E-state index contributed by atoms with van der Waals surface area (Å²) in [6.07, 6.45) is 1.72. The summed E-state index contributed by atoms with van der Waals surface area (Å²) in [5, 5.41) is 0.300. The van der Waals surface area contributed by atoms with Gasteiger partial charge in [0.05, 0.1) is 5.92 Å². The summed E-state index contributed by atoms with van der Waals surface area (Å²) in [4.78, 5) is 21.0. The topological polar surface area (TPSA) is 98.1 Å². The summed E-state index contributed by atoms with van der Waals surface area (Å²) in [7, 11) is 0. The summed E-state index contributed by atoms with van der Waals surface area (Å²) in [5.74, 6) is 0.365. The Kier molecular flexibility index (Phi) is 3.33. The highest BCUT2D eigenvalue weighted by Gasteiger charge is 2.25. The molecule has 92 valence electrons. The number of anilines is 2. The molecule has 1 aromatic heterocycles. The quantitative estimate of drug-likeness (QED) is 0.746. The van der Waals surface area contributed by atoms with Gasteiger partial charge in [-0.05, 0) is 12.8 Å². The first kappa shape index (κ1) is 11.9. The van der Waals surface area contributed by atoms with E-state index in [1.807, 2.05) is 4.90 Å². The maximum absolute atomic E-state index is 11.2. The second kappa shape index (κ2) is 4.75. The van der Waals surface area contributed by atoms with Gasteiger partial charge in [0.15, 0.2) is 0 Å². The molecular formula is C10H14ClN5O. The molecule has 0 aliphatic carbocycles. The number of halogens is 1. The summed E-state index contributed by atoms with van der Waals surface area (Å²) in [6.45, 7) is 1.37. The van der Waals surface area contributed by atoms with Gasteiger partial charge < -0.3 is 16.4 Å². The van der Waals surface area contributed by atoms with Crippen molar-refractivity contribution >= 4 is 29.3 Å². The highest BCUT2D eigenvalue weighted by atomic mass is 35.5. The summed E-state index contributed by atoms with van der Waals surface area (Å²) >= 11 is 5.82. The van der Waals surface area contributed by atoms with Crippen molar-refractivity contribution in [2.75, 3.05) is 23.7 Å². The second-order valence-electron chi connectivity index (χ2n) is 4.09. The van der Waals surface area contributed by atoms with Crippen LogP contribution in [0.2, 0.25) is 5.15 Å². The normalized spacial score (nSPS) is 20.3. The van der Waals surface area contributed by atoms with Gasteiger partial charge in [0, 0.05) is 19.2 Å². The number of hydrogen-bond acceptors (Lipinski definition) is 5. The van der Waals surface area contributed by atoms with E-state index in [0.29, 0.717) is 17.5 Å². The standard InChI is InChI=1S/C10H14ClN5O/c11-7-4-8(15-10(13)14-7)16-3-1-2-6(5-16)9(12)17/h4,6H,1-3,5H2,(H2,12,17)(H2,13,14,15)/t6-/m0/s1. The predicted molar refractivity (Wildman–Crippen MR) is 65.6 cm³/mol. The van der Waals surface area contributed by atoms with Gasteiger partial charge >= 0.3 is 0 Å². The van der Waals surface area contributed by atoms with Crippen LogP contribution in [0.1, 0.15) is 12.8 Å². The number of nitrogens with zero attached hydrogens (tertiary/aromatic N) is 3. The van der Waals surface area contributed by atoms with E-state index in [1.165, 1.54) is 0 Å². The molecule has 1 aromatic rings. The van der Waals surface area contributed by atoms with Crippen LogP contribution in [0.15, 0.2) is 6.07 Å². The maximum Gasteiger partial charge on any atom is 0.223 e. The highest BCUT2D eigenvalue weighted by Crippen LogP contribution is 2.23. The second-order valence-corrected chi connectivity index (χ2v) is 4.48. The Bertz CT molecular complexity index is 418. The Hall–Kier alpha value is -1.56. The van der Waals surface area contributed by atoms with Gasteiger partial charge in [-0.1, -0.05) is 11.6 Å². The van der Waals surface area contributed by atoms with Crippen LogP contribution in [-0.4, -0.2) is 29.0 Å². The Morgan fingerprint density at radius 3 is 2.94 bits per heavy atom. The number of primary amides is 1. The van der Waals surface area contributed by atoms with Crippen LogP contribution in [0.5, 0.6) is 0 Å². The number of carbonyl (C=O) groups excluding carboxylic acids is 1. The van der Waals surface area contributed by atoms with Crippen LogP contribution < -0.4 is 16.4 Å². The van der Waals surface area contributed by atoms with Gasteiger partial charge in [0.2, 0.25) is 11.9 Å². The van der Waals surface area contributed by atoms with Gasteiger partial charge in [-0.15, -0.1) is 0 Å². The molecule has 1 fully saturated rings. The molecule has 1 amide bonds. The van der Waals surface area contributed by atoms with Gasteiger partial charge in [0.25, 0.3) is 0 Å². The van der Waals surface area contributed by atoms with Crippen molar-refractivity contribution in [2.24, 2.45) is 11.7 Å². The summed E-state index contributed by atoms with van der Waals surface area (Å²) in [6, 6.07) is 1.64. The van der Waals surface area contributed by atoms with Gasteiger partial charge in [-0.25, -0.2) is 4.98 Å². The summed E-state index contributed by atoms with van der Waals surface area (Å²) < 4.78 is 0. The van der Waals surface area contributed by atoms with E-state index in [-0.39, 0.29) is 17.8 Å². The van der Waals surface area contributed by atoms with E-state index in [9.17, 15) is 4.79 Å². The Morgan fingerprint density at radius 2 is 2.29 bits per heavy atom. The van der Waals surface area contributed by atoms with Crippen molar-refractivity contribution in [1.82, 2.24) is 9.97 Å². The molecule has 1 atom stereocenters. The number of amides is 1. The monoisotopic (exact) mass is 255 g/mol. The Morgan fingerprint density at radius 1 is 1.53 bits per heavy atom. The van der Waals surface area contributed by atoms with Crippen molar-refractivity contribution in [3.8, 4) is 0 Å². The lowest BCUT2D eigenvalue weighted by Gasteiger charge is -2.32. The van der Waals surface area contributed by atoms with Crippen LogP contribution in [0.25, 0.3) is 0 Å². The lowest BCUT2D eigenvalue weighted by Crippen LogP contribution is -2.41. The van der Waals surface area contributed by atoms with Crippen molar-refractivity contribution < 1.29 is 4.79 Å².